The summed E-state index contributed by atoms with van der Waals surface area (Å²) in [6, 6.07) is 8.57. The number of aryl methyl sites for hydroxylation is 1. The predicted molar refractivity (Wildman–Crippen MR) is 84.6 cm³/mol. The van der Waals surface area contributed by atoms with Crippen molar-refractivity contribution in [3.8, 4) is 0 Å². The highest BCUT2D eigenvalue weighted by Crippen LogP contribution is 2.21. The molecule has 0 heterocycles. The van der Waals surface area contributed by atoms with Gasteiger partial charge in [0.05, 0.1) is 6.61 Å². The number of hydrogen-bond acceptors (Lipinski definition) is 2. The lowest BCUT2D eigenvalue weighted by Crippen LogP contribution is -2.01. The van der Waals surface area contributed by atoms with Crippen LogP contribution < -0.4 is 0 Å². The lowest BCUT2D eigenvalue weighted by Gasteiger charge is -2.08. The minimum atomic E-state index is -0.244. The molecule has 2 heteroatoms. The van der Waals surface area contributed by atoms with Crippen LogP contribution in [0.1, 0.15) is 57.6 Å². The number of esters is 1. The first-order valence-corrected chi connectivity index (χ1v) is 7.67. The molecule has 0 saturated heterocycles. The maximum atomic E-state index is 11.6. The molecular formula is C18H26O2. The Kier molecular flexibility index (Phi) is 7.71. The monoisotopic (exact) mass is 274 g/mol. The first-order chi connectivity index (χ1) is 9.71. The first kappa shape index (κ1) is 16.5. The van der Waals surface area contributed by atoms with E-state index in [1.54, 1.807) is 6.08 Å². The molecule has 0 aromatic heterocycles. The van der Waals surface area contributed by atoms with Gasteiger partial charge < -0.3 is 4.74 Å². The van der Waals surface area contributed by atoms with Crippen molar-refractivity contribution >= 4 is 11.5 Å². The summed E-state index contributed by atoms with van der Waals surface area (Å²) in [6.07, 6.45) is 7.11. The molecule has 1 aromatic rings. The van der Waals surface area contributed by atoms with Gasteiger partial charge in [-0.25, -0.2) is 4.79 Å². The number of allylic oxidation sites excluding steroid dienone is 1. The van der Waals surface area contributed by atoms with Gasteiger partial charge in [-0.3, -0.25) is 0 Å². The molecule has 0 unspecified atom stereocenters. The summed E-state index contributed by atoms with van der Waals surface area (Å²) in [4.78, 5) is 11.6. The van der Waals surface area contributed by atoms with Gasteiger partial charge in [0.2, 0.25) is 0 Å². The highest BCUT2D eigenvalue weighted by atomic mass is 16.5. The molecule has 0 aliphatic carbocycles. The SMILES string of the molecule is CCCCc1ccc(C(=CC(=O)OCC)CCC)cc1. The Balaban J connectivity index is 2.83. The maximum absolute atomic E-state index is 11.6. The standard InChI is InChI=1S/C18H26O2/c1-4-7-9-15-10-12-16(13-11-15)17(8-5-2)14-18(19)20-6-3/h10-14H,4-9H2,1-3H3. The Morgan fingerprint density at radius 2 is 1.80 bits per heavy atom. The van der Waals surface area contributed by atoms with Crippen LogP contribution in [0.15, 0.2) is 30.3 Å². The molecule has 0 saturated carbocycles. The Morgan fingerprint density at radius 1 is 1.10 bits per heavy atom. The summed E-state index contributed by atoms with van der Waals surface area (Å²) >= 11 is 0. The number of benzene rings is 1. The second kappa shape index (κ2) is 9.35. The van der Waals surface area contributed by atoms with Gasteiger partial charge in [-0.05, 0) is 42.9 Å². The number of carbonyl (C=O) groups is 1. The van der Waals surface area contributed by atoms with Gasteiger partial charge in [0.1, 0.15) is 0 Å². The third-order valence-corrected chi connectivity index (χ3v) is 3.24. The van der Waals surface area contributed by atoms with Crippen LogP contribution in [0.4, 0.5) is 0 Å². The molecule has 0 bridgehead atoms. The fourth-order valence-corrected chi connectivity index (χ4v) is 2.16. The van der Waals surface area contributed by atoms with Crippen molar-refractivity contribution in [2.75, 3.05) is 6.61 Å². The van der Waals surface area contributed by atoms with Gasteiger partial charge in [-0.1, -0.05) is 51.0 Å². The van der Waals surface area contributed by atoms with Crippen molar-refractivity contribution in [1.82, 2.24) is 0 Å². The second-order valence-electron chi connectivity index (χ2n) is 4.97. The summed E-state index contributed by atoms with van der Waals surface area (Å²) < 4.78 is 5.00. The van der Waals surface area contributed by atoms with E-state index in [1.165, 1.54) is 18.4 Å². The van der Waals surface area contributed by atoms with Crippen LogP contribution in [-0.4, -0.2) is 12.6 Å². The van der Waals surface area contributed by atoms with Gasteiger partial charge >= 0.3 is 5.97 Å². The molecule has 0 aliphatic heterocycles. The van der Waals surface area contributed by atoms with E-state index >= 15 is 0 Å². The van der Waals surface area contributed by atoms with Crippen molar-refractivity contribution in [3.05, 3.63) is 41.5 Å². The highest BCUT2D eigenvalue weighted by Gasteiger charge is 2.05. The molecule has 0 spiro atoms. The smallest absolute Gasteiger partial charge is 0.331 e. The molecule has 0 fully saturated rings. The minimum absolute atomic E-state index is 0.244. The van der Waals surface area contributed by atoms with Gasteiger partial charge in [-0.2, -0.15) is 0 Å². The normalized spacial score (nSPS) is 11.4. The van der Waals surface area contributed by atoms with E-state index in [-0.39, 0.29) is 5.97 Å². The van der Waals surface area contributed by atoms with Crippen molar-refractivity contribution in [2.45, 2.75) is 52.9 Å². The third kappa shape index (κ3) is 5.60. The Morgan fingerprint density at radius 3 is 2.35 bits per heavy atom. The van der Waals surface area contributed by atoms with Crippen LogP contribution in [-0.2, 0) is 16.0 Å². The van der Waals surface area contributed by atoms with Crippen LogP contribution in [0, 0.1) is 0 Å². The minimum Gasteiger partial charge on any atom is -0.463 e. The summed E-state index contributed by atoms with van der Waals surface area (Å²) in [5.41, 5.74) is 3.55. The largest absolute Gasteiger partial charge is 0.463 e. The molecule has 20 heavy (non-hydrogen) atoms. The lowest BCUT2D eigenvalue weighted by molar-refractivity contribution is -0.137. The van der Waals surface area contributed by atoms with Crippen molar-refractivity contribution in [2.24, 2.45) is 0 Å². The fraction of sp³-hybridized carbons (Fsp3) is 0.500. The highest BCUT2D eigenvalue weighted by molar-refractivity contribution is 5.91. The first-order valence-electron chi connectivity index (χ1n) is 7.67. The molecule has 110 valence electrons. The van der Waals surface area contributed by atoms with Crippen molar-refractivity contribution < 1.29 is 9.53 Å². The van der Waals surface area contributed by atoms with E-state index in [9.17, 15) is 4.79 Å². The Labute approximate surface area is 122 Å². The zero-order chi connectivity index (χ0) is 14.8. The molecule has 0 aliphatic rings. The zero-order valence-electron chi connectivity index (χ0n) is 12.9. The molecule has 1 aromatic carbocycles. The number of ether oxygens (including phenoxy) is 1. The molecule has 1 rings (SSSR count). The molecule has 0 N–H and O–H groups in total. The van der Waals surface area contributed by atoms with Gasteiger partial charge in [0, 0.05) is 6.08 Å². The van der Waals surface area contributed by atoms with Crippen molar-refractivity contribution in [3.63, 3.8) is 0 Å². The molecule has 0 atom stereocenters. The topological polar surface area (TPSA) is 26.3 Å². The summed E-state index contributed by atoms with van der Waals surface area (Å²) in [7, 11) is 0. The average Bonchev–Trinajstić information content (AvgIpc) is 2.45. The quantitative estimate of drug-likeness (QED) is 0.504. The van der Waals surface area contributed by atoms with E-state index in [0.29, 0.717) is 6.61 Å². The average molecular weight is 274 g/mol. The van der Waals surface area contributed by atoms with E-state index in [1.807, 2.05) is 6.92 Å². The fourth-order valence-electron chi connectivity index (χ4n) is 2.16. The summed E-state index contributed by atoms with van der Waals surface area (Å²) in [6.45, 7) is 6.57. The molecule has 0 radical (unpaired) electrons. The van der Waals surface area contributed by atoms with Crippen molar-refractivity contribution in [1.29, 1.82) is 0 Å². The van der Waals surface area contributed by atoms with E-state index < -0.39 is 0 Å². The number of unbranched alkanes of at least 4 members (excludes halogenated alkanes) is 1. The number of carbonyl (C=O) groups excluding carboxylic acids is 1. The van der Waals surface area contributed by atoms with E-state index in [4.69, 9.17) is 4.74 Å². The van der Waals surface area contributed by atoms with E-state index in [2.05, 4.69) is 38.1 Å². The Hall–Kier alpha value is -1.57. The summed E-state index contributed by atoms with van der Waals surface area (Å²) in [5.74, 6) is -0.244. The van der Waals surface area contributed by atoms with Gasteiger partial charge in [0.15, 0.2) is 0 Å². The molecular weight excluding hydrogens is 248 g/mol. The van der Waals surface area contributed by atoms with E-state index in [0.717, 1.165) is 30.4 Å². The third-order valence-electron chi connectivity index (χ3n) is 3.24. The lowest BCUT2D eigenvalue weighted by atomic mass is 9.98. The van der Waals surface area contributed by atoms with Crippen LogP contribution in [0.25, 0.3) is 5.57 Å². The van der Waals surface area contributed by atoms with Gasteiger partial charge in [0.25, 0.3) is 0 Å². The number of rotatable bonds is 8. The van der Waals surface area contributed by atoms with Crippen LogP contribution in [0.3, 0.4) is 0 Å². The predicted octanol–water partition coefficient (Wildman–Crippen LogP) is 4.78. The molecule has 2 nitrogen and oxygen atoms in total. The second-order valence-corrected chi connectivity index (χ2v) is 4.97. The summed E-state index contributed by atoms with van der Waals surface area (Å²) in [5, 5.41) is 0. The maximum Gasteiger partial charge on any atom is 0.331 e. The zero-order valence-corrected chi connectivity index (χ0v) is 12.9. The molecule has 0 amide bonds. The van der Waals surface area contributed by atoms with Crippen LogP contribution >= 0.6 is 0 Å². The number of hydrogen-bond donors (Lipinski definition) is 0. The van der Waals surface area contributed by atoms with Crippen LogP contribution in [0.2, 0.25) is 0 Å². The van der Waals surface area contributed by atoms with Gasteiger partial charge in [-0.15, -0.1) is 0 Å². The Bertz CT molecular complexity index is 429. The van der Waals surface area contributed by atoms with Crippen LogP contribution in [0.5, 0.6) is 0 Å².